The number of nitrogens with zero attached hydrogens (tertiary/aromatic N) is 2. The van der Waals surface area contributed by atoms with Gasteiger partial charge in [0.15, 0.2) is 11.5 Å². The summed E-state index contributed by atoms with van der Waals surface area (Å²) >= 11 is 0. The van der Waals surface area contributed by atoms with Crippen molar-refractivity contribution in [2.45, 2.75) is 20.3 Å². The second kappa shape index (κ2) is 5.77. The van der Waals surface area contributed by atoms with E-state index in [1.165, 1.54) is 4.68 Å². The zero-order chi connectivity index (χ0) is 14.7. The largest absolute Gasteiger partial charge is 0.493 e. The molecule has 106 valence electrons. The van der Waals surface area contributed by atoms with E-state index >= 15 is 0 Å². The first-order valence-electron chi connectivity index (χ1n) is 6.32. The Morgan fingerprint density at radius 3 is 2.40 bits per heavy atom. The van der Waals surface area contributed by atoms with Gasteiger partial charge in [-0.25, -0.2) is 4.68 Å². The third kappa shape index (κ3) is 2.82. The number of hydrogen-bond acceptors (Lipinski definition) is 4. The number of carbonyl (C=O) groups excluding carboxylic acids is 1. The second-order valence-corrected chi connectivity index (χ2v) is 4.60. The van der Waals surface area contributed by atoms with E-state index in [0.717, 1.165) is 17.0 Å². The second-order valence-electron chi connectivity index (χ2n) is 4.60. The molecule has 1 aromatic heterocycles. The molecule has 20 heavy (non-hydrogen) atoms. The SMILES string of the molecule is COc1ccc(CC(=O)n2nc(C)cc2C)cc1OC. The van der Waals surface area contributed by atoms with Crippen LogP contribution in [0.3, 0.4) is 0 Å². The van der Waals surface area contributed by atoms with Gasteiger partial charge < -0.3 is 9.47 Å². The molecule has 0 fully saturated rings. The first kappa shape index (κ1) is 14.1. The summed E-state index contributed by atoms with van der Waals surface area (Å²) in [7, 11) is 3.16. The molecular formula is C15H18N2O3. The van der Waals surface area contributed by atoms with Crippen LogP contribution in [0.4, 0.5) is 0 Å². The lowest BCUT2D eigenvalue weighted by Crippen LogP contribution is -2.16. The topological polar surface area (TPSA) is 53.4 Å². The lowest BCUT2D eigenvalue weighted by molar-refractivity contribution is 0.0895. The molecule has 1 heterocycles. The van der Waals surface area contributed by atoms with Gasteiger partial charge >= 0.3 is 0 Å². The average Bonchev–Trinajstić information content (AvgIpc) is 2.77. The fourth-order valence-corrected chi connectivity index (χ4v) is 2.12. The molecule has 0 N–H and O–H groups in total. The number of benzene rings is 1. The normalized spacial score (nSPS) is 10.4. The van der Waals surface area contributed by atoms with Crippen LogP contribution >= 0.6 is 0 Å². The molecule has 0 amide bonds. The quantitative estimate of drug-likeness (QED) is 0.859. The molecule has 0 bridgehead atoms. The third-order valence-electron chi connectivity index (χ3n) is 3.05. The van der Waals surface area contributed by atoms with E-state index in [1.807, 2.05) is 32.0 Å². The lowest BCUT2D eigenvalue weighted by Gasteiger charge is -2.09. The van der Waals surface area contributed by atoms with Gasteiger partial charge in [0.25, 0.3) is 5.91 Å². The Labute approximate surface area is 118 Å². The maximum atomic E-state index is 12.2. The smallest absolute Gasteiger partial charge is 0.251 e. The Balaban J connectivity index is 2.22. The number of aromatic nitrogens is 2. The summed E-state index contributed by atoms with van der Waals surface area (Å²) in [5, 5.41) is 4.19. The van der Waals surface area contributed by atoms with Crippen LogP contribution < -0.4 is 9.47 Å². The number of carbonyl (C=O) groups is 1. The summed E-state index contributed by atoms with van der Waals surface area (Å²) < 4.78 is 11.8. The van der Waals surface area contributed by atoms with Crippen molar-refractivity contribution in [1.29, 1.82) is 0 Å². The molecule has 5 heteroatoms. The van der Waals surface area contributed by atoms with Crippen molar-refractivity contribution < 1.29 is 14.3 Å². The van der Waals surface area contributed by atoms with Gasteiger partial charge in [0.05, 0.1) is 26.3 Å². The van der Waals surface area contributed by atoms with E-state index in [-0.39, 0.29) is 12.3 Å². The number of hydrogen-bond donors (Lipinski definition) is 0. The monoisotopic (exact) mass is 274 g/mol. The molecule has 0 radical (unpaired) electrons. The minimum absolute atomic E-state index is 0.0668. The van der Waals surface area contributed by atoms with Crippen LogP contribution in [0.15, 0.2) is 24.3 Å². The van der Waals surface area contributed by atoms with Crippen LogP contribution in [0.2, 0.25) is 0 Å². The molecule has 0 saturated heterocycles. The number of aryl methyl sites for hydroxylation is 2. The molecule has 0 unspecified atom stereocenters. The summed E-state index contributed by atoms with van der Waals surface area (Å²) in [4.78, 5) is 12.2. The maximum absolute atomic E-state index is 12.2. The minimum Gasteiger partial charge on any atom is -0.493 e. The highest BCUT2D eigenvalue weighted by Gasteiger charge is 2.12. The van der Waals surface area contributed by atoms with Crippen molar-refractivity contribution in [1.82, 2.24) is 9.78 Å². The van der Waals surface area contributed by atoms with Crippen LogP contribution in [-0.2, 0) is 6.42 Å². The summed E-state index contributed by atoms with van der Waals surface area (Å²) in [6, 6.07) is 7.34. The molecule has 0 aliphatic heterocycles. The minimum atomic E-state index is -0.0668. The predicted molar refractivity (Wildman–Crippen MR) is 75.6 cm³/mol. The molecule has 0 atom stereocenters. The maximum Gasteiger partial charge on any atom is 0.251 e. The Morgan fingerprint density at radius 2 is 1.85 bits per heavy atom. The van der Waals surface area contributed by atoms with Gasteiger partial charge in [0.2, 0.25) is 0 Å². The van der Waals surface area contributed by atoms with Gasteiger partial charge in [0.1, 0.15) is 0 Å². The van der Waals surface area contributed by atoms with E-state index in [4.69, 9.17) is 9.47 Å². The van der Waals surface area contributed by atoms with Gasteiger partial charge in [-0.1, -0.05) is 6.07 Å². The average molecular weight is 274 g/mol. The van der Waals surface area contributed by atoms with Crippen molar-refractivity contribution in [3.8, 4) is 11.5 Å². The Kier molecular flexibility index (Phi) is 4.08. The fourth-order valence-electron chi connectivity index (χ4n) is 2.12. The van der Waals surface area contributed by atoms with Crippen LogP contribution in [0.1, 0.15) is 21.7 Å². The highest BCUT2D eigenvalue weighted by Crippen LogP contribution is 2.27. The van der Waals surface area contributed by atoms with Crippen LogP contribution in [0.25, 0.3) is 0 Å². The molecule has 0 aliphatic carbocycles. The van der Waals surface area contributed by atoms with Crippen molar-refractivity contribution in [3.63, 3.8) is 0 Å². The zero-order valence-electron chi connectivity index (χ0n) is 12.1. The Hall–Kier alpha value is -2.30. The molecule has 1 aromatic carbocycles. The van der Waals surface area contributed by atoms with Crippen LogP contribution in [0, 0.1) is 13.8 Å². The lowest BCUT2D eigenvalue weighted by atomic mass is 10.1. The van der Waals surface area contributed by atoms with Gasteiger partial charge in [-0.3, -0.25) is 4.79 Å². The highest BCUT2D eigenvalue weighted by molar-refractivity contribution is 5.81. The predicted octanol–water partition coefficient (Wildman–Crippen LogP) is 2.40. The first-order chi connectivity index (χ1) is 9.55. The van der Waals surface area contributed by atoms with Gasteiger partial charge in [-0.05, 0) is 37.6 Å². The van der Waals surface area contributed by atoms with Crippen molar-refractivity contribution >= 4 is 5.91 Å². The van der Waals surface area contributed by atoms with Gasteiger partial charge in [-0.2, -0.15) is 5.10 Å². The van der Waals surface area contributed by atoms with Gasteiger partial charge in [-0.15, -0.1) is 0 Å². The van der Waals surface area contributed by atoms with Crippen LogP contribution in [0.5, 0.6) is 11.5 Å². The zero-order valence-corrected chi connectivity index (χ0v) is 12.1. The molecule has 2 aromatic rings. The van der Waals surface area contributed by atoms with E-state index in [9.17, 15) is 4.79 Å². The van der Waals surface area contributed by atoms with Crippen molar-refractivity contribution in [2.75, 3.05) is 14.2 Å². The molecule has 2 rings (SSSR count). The number of rotatable bonds is 4. The number of methoxy groups -OCH3 is 2. The fraction of sp³-hybridized carbons (Fsp3) is 0.333. The summed E-state index contributed by atoms with van der Waals surface area (Å²) in [5.41, 5.74) is 2.54. The first-order valence-corrected chi connectivity index (χ1v) is 6.32. The summed E-state index contributed by atoms with van der Waals surface area (Å²) in [6.07, 6.45) is 0.266. The number of ether oxygens (including phenoxy) is 2. The molecule has 0 saturated carbocycles. The summed E-state index contributed by atoms with van der Waals surface area (Å²) in [6.45, 7) is 3.74. The molecule has 0 aliphatic rings. The van der Waals surface area contributed by atoms with E-state index in [2.05, 4.69) is 5.10 Å². The third-order valence-corrected chi connectivity index (χ3v) is 3.05. The van der Waals surface area contributed by atoms with Crippen molar-refractivity contribution in [3.05, 3.63) is 41.2 Å². The van der Waals surface area contributed by atoms with Crippen LogP contribution in [-0.4, -0.2) is 29.9 Å². The van der Waals surface area contributed by atoms with E-state index < -0.39 is 0 Å². The Morgan fingerprint density at radius 1 is 1.15 bits per heavy atom. The molecular weight excluding hydrogens is 256 g/mol. The van der Waals surface area contributed by atoms with E-state index in [0.29, 0.717) is 11.5 Å². The molecule has 0 spiro atoms. The summed E-state index contributed by atoms with van der Waals surface area (Å²) in [5.74, 6) is 1.20. The van der Waals surface area contributed by atoms with E-state index in [1.54, 1.807) is 20.3 Å². The standard InChI is InChI=1S/C15H18N2O3/c1-10-7-11(2)17(16-10)15(18)9-12-5-6-13(19-3)14(8-12)20-4/h5-8H,9H2,1-4H3. The highest BCUT2D eigenvalue weighted by atomic mass is 16.5. The Bertz CT molecular complexity index is 632. The molecule has 5 nitrogen and oxygen atoms in total. The van der Waals surface area contributed by atoms with Crippen molar-refractivity contribution in [2.24, 2.45) is 0 Å². The van der Waals surface area contributed by atoms with Gasteiger partial charge in [0, 0.05) is 5.69 Å².